The number of hydrogen-bond donors (Lipinski definition) is 2. The van der Waals surface area contributed by atoms with Gasteiger partial charge in [-0.25, -0.2) is 18.4 Å². The zero-order valence-electron chi connectivity index (χ0n) is 14.8. The van der Waals surface area contributed by atoms with Gasteiger partial charge in [0.05, 0.1) is 4.90 Å². The van der Waals surface area contributed by atoms with Gasteiger partial charge in [0.2, 0.25) is 0 Å². The van der Waals surface area contributed by atoms with E-state index in [9.17, 15) is 13.2 Å². The number of nitrogens with one attached hydrogen (secondary N) is 2. The molecule has 0 aliphatic rings. The van der Waals surface area contributed by atoms with Crippen molar-refractivity contribution >= 4 is 27.4 Å². The summed E-state index contributed by atoms with van der Waals surface area (Å²) in [6.45, 7) is 3.45. The molecule has 0 bridgehead atoms. The lowest BCUT2D eigenvalue weighted by molar-refractivity contribution is 0.102. The zero-order chi connectivity index (χ0) is 19.4. The molecule has 0 fully saturated rings. The Morgan fingerprint density at radius 2 is 1.59 bits per heavy atom. The van der Waals surface area contributed by atoms with Gasteiger partial charge in [-0.3, -0.25) is 9.52 Å². The van der Waals surface area contributed by atoms with Crippen molar-refractivity contribution in [1.29, 1.82) is 0 Å². The molecule has 0 atom stereocenters. The molecular weight excluding hydrogens is 364 g/mol. The first kappa shape index (κ1) is 18.5. The summed E-state index contributed by atoms with van der Waals surface area (Å²) in [5, 5.41) is 2.73. The molecule has 0 saturated heterocycles. The molecule has 7 nitrogen and oxygen atoms in total. The summed E-state index contributed by atoms with van der Waals surface area (Å²) >= 11 is 0. The van der Waals surface area contributed by atoms with Crippen molar-refractivity contribution in [2.24, 2.45) is 0 Å². The van der Waals surface area contributed by atoms with Crippen LogP contribution in [0, 0.1) is 13.8 Å². The van der Waals surface area contributed by atoms with Crippen LogP contribution < -0.4 is 10.0 Å². The number of carbonyl (C=O) groups excluding carboxylic acids is 1. The molecule has 138 valence electrons. The van der Waals surface area contributed by atoms with E-state index in [0.29, 0.717) is 22.8 Å². The number of sulfonamides is 1. The third-order valence-electron chi connectivity index (χ3n) is 3.66. The van der Waals surface area contributed by atoms with Gasteiger partial charge in [-0.15, -0.1) is 0 Å². The van der Waals surface area contributed by atoms with Crippen molar-refractivity contribution in [3.8, 4) is 0 Å². The Labute approximate surface area is 157 Å². The van der Waals surface area contributed by atoms with Gasteiger partial charge in [0.1, 0.15) is 11.6 Å². The number of benzene rings is 2. The normalized spacial score (nSPS) is 11.0. The van der Waals surface area contributed by atoms with Crippen molar-refractivity contribution in [2.45, 2.75) is 18.7 Å². The van der Waals surface area contributed by atoms with E-state index in [2.05, 4.69) is 20.0 Å². The number of aromatic nitrogens is 2. The Kier molecular flexibility index (Phi) is 5.18. The zero-order valence-corrected chi connectivity index (χ0v) is 15.6. The van der Waals surface area contributed by atoms with Crippen molar-refractivity contribution in [3.05, 3.63) is 77.7 Å². The Balaban J connectivity index is 1.75. The highest BCUT2D eigenvalue weighted by Gasteiger charge is 2.16. The highest BCUT2D eigenvalue weighted by atomic mass is 32.2. The van der Waals surface area contributed by atoms with Crippen LogP contribution in [0.15, 0.2) is 65.6 Å². The maximum Gasteiger partial charge on any atom is 0.263 e. The van der Waals surface area contributed by atoms with Crippen LogP contribution in [-0.4, -0.2) is 24.3 Å². The third-order valence-corrected chi connectivity index (χ3v) is 5.03. The van der Waals surface area contributed by atoms with Crippen LogP contribution >= 0.6 is 0 Å². The number of amides is 1. The van der Waals surface area contributed by atoms with Crippen LogP contribution in [0.2, 0.25) is 0 Å². The number of carbonyl (C=O) groups is 1. The van der Waals surface area contributed by atoms with E-state index in [-0.39, 0.29) is 16.6 Å². The Morgan fingerprint density at radius 1 is 0.926 bits per heavy atom. The van der Waals surface area contributed by atoms with E-state index < -0.39 is 10.0 Å². The van der Waals surface area contributed by atoms with E-state index >= 15 is 0 Å². The second kappa shape index (κ2) is 7.55. The van der Waals surface area contributed by atoms with E-state index in [1.165, 1.54) is 24.3 Å². The minimum atomic E-state index is -3.80. The van der Waals surface area contributed by atoms with Gasteiger partial charge >= 0.3 is 0 Å². The Bertz CT molecular complexity index is 1050. The second-order valence-electron chi connectivity index (χ2n) is 5.89. The van der Waals surface area contributed by atoms with Gasteiger partial charge in [0.25, 0.3) is 15.9 Å². The number of nitrogens with zero attached hydrogens (tertiary/aromatic N) is 2. The van der Waals surface area contributed by atoms with Crippen LogP contribution in [0.4, 0.5) is 11.5 Å². The molecule has 0 saturated carbocycles. The smallest absolute Gasteiger partial charge is 0.263 e. The molecule has 3 rings (SSSR count). The topological polar surface area (TPSA) is 101 Å². The Hall–Kier alpha value is -3.26. The molecule has 3 aromatic rings. The lowest BCUT2D eigenvalue weighted by Gasteiger charge is -2.10. The SMILES string of the molecule is Cc1cc(NS(=O)(=O)c2ccc(NC(=O)c3ccccc3)cc2)nc(C)n1. The molecule has 0 spiro atoms. The summed E-state index contributed by atoms with van der Waals surface area (Å²) in [6, 6.07) is 16.2. The lowest BCUT2D eigenvalue weighted by atomic mass is 10.2. The first-order valence-corrected chi connectivity index (χ1v) is 9.63. The first-order valence-electron chi connectivity index (χ1n) is 8.15. The number of hydrogen-bond acceptors (Lipinski definition) is 5. The highest BCUT2D eigenvalue weighted by molar-refractivity contribution is 7.92. The summed E-state index contributed by atoms with van der Waals surface area (Å²) in [7, 11) is -3.80. The minimum absolute atomic E-state index is 0.0640. The van der Waals surface area contributed by atoms with Crippen molar-refractivity contribution in [2.75, 3.05) is 10.0 Å². The summed E-state index contributed by atoms with van der Waals surface area (Å²) in [6.07, 6.45) is 0. The van der Waals surface area contributed by atoms with Crippen LogP contribution in [0.25, 0.3) is 0 Å². The molecule has 2 N–H and O–H groups in total. The van der Waals surface area contributed by atoms with Gasteiger partial charge in [-0.1, -0.05) is 18.2 Å². The van der Waals surface area contributed by atoms with Crippen LogP contribution in [-0.2, 0) is 10.0 Å². The standard InChI is InChI=1S/C19H18N4O3S/c1-13-12-18(21-14(2)20-13)23-27(25,26)17-10-8-16(9-11-17)22-19(24)15-6-4-3-5-7-15/h3-12H,1-2H3,(H,22,24)(H,20,21,23). The molecule has 8 heteroatoms. The maximum atomic E-state index is 12.5. The fourth-order valence-electron chi connectivity index (χ4n) is 2.48. The monoisotopic (exact) mass is 382 g/mol. The van der Waals surface area contributed by atoms with Crippen molar-refractivity contribution < 1.29 is 13.2 Å². The fraction of sp³-hybridized carbons (Fsp3) is 0.105. The molecule has 1 aromatic heterocycles. The summed E-state index contributed by atoms with van der Waals surface area (Å²) < 4.78 is 27.5. The molecule has 1 heterocycles. The second-order valence-corrected chi connectivity index (χ2v) is 7.57. The van der Waals surface area contributed by atoms with E-state index in [0.717, 1.165) is 0 Å². The molecule has 0 radical (unpaired) electrons. The number of aryl methyl sites for hydroxylation is 2. The predicted octanol–water partition coefficient (Wildman–Crippen LogP) is 3.15. The molecule has 0 unspecified atom stereocenters. The average molecular weight is 382 g/mol. The summed E-state index contributed by atoms with van der Waals surface area (Å²) in [4.78, 5) is 20.4. The highest BCUT2D eigenvalue weighted by Crippen LogP contribution is 2.18. The van der Waals surface area contributed by atoms with Crippen LogP contribution in [0.3, 0.4) is 0 Å². The molecule has 1 amide bonds. The molecule has 27 heavy (non-hydrogen) atoms. The minimum Gasteiger partial charge on any atom is -0.322 e. The van der Waals surface area contributed by atoms with Gasteiger partial charge in [0, 0.05) is 23.0 Å². The van der Waals surface area contributed by atoms with E-state index in [4.69, 9.17) is 0 Å². The average Bonchev–Trinajstić information content (AvgIpc) is 2.61. The quantitative estimate of drug-likeness (QED) is 0.706. The van der Waals surface area contributed by atoms with Gasteiger partial charge in [-0.05, 0) is 50.2 Å². The van der Waals surface area contributed by atoms with Crippen LogP contribution in [0.5, 0.6) is 0 Å². The maximum absolute atomic E-state index is 12.5. The Morgan fingerprint density at radius 3 is 2.22 bits per heavy atom. The number of rotatable bonds is 5. The summed E-state index contributed by atoms with van der Waals surface area (Å²) in [5.41, 5.74) is 1.68. The van der Waals surface area contributed by atoms with E-state index in [1.54, 1.807) is 44.2 Å². The fourth-order valence-corrected chi connectivity index (χ4v) is 3.47. The van der Waals surface area contributed by atoms with Crippen LogP contribution in [0.1, 0.15) is 21.9 Å². The molecule has 2 aromatic carbocycles. The largest absolute Gasteiger partial charge is 0.322 e. The van der Waals surface area contributed by atoms with Gasteiger partial charge < -0.3 is 5.32 Å². The number of anilines is 2. The van der Waals surface area contributed by atoms with Crippen molar-refractivity contribution in [1.82, 2.24) is 9.97 Å². The van der Waals surface area contributed by atoms with Gasteiger partial charge in [0.15, 0.2) is 0 Å². The molecule has 0 aliphatic heterocycles. The molecular formula is C19H18N4O3S. The molecule has 0 aliphatic carbocycles. The van der Waals surface area contributed by atoms with Gasteiger partial charge in [-0.2, -0.15) is 0 Å². The predicted molar refractivity (Wildman–Crippen MR) is 103 cm³/mol. The lowest BCUT2D eigenvalue weighted by Crippen LogP contribution is -2.15. The van der Waals surface area contributed by atoms with E-state index in [1.807, 2.05) is 6.07 Å². The third kappa shape index (κ3) is 4.68. The first-order chi connectivity index (χ1) is 12.8. The summed E-state index contributed by atoms with van der Waals surface area (Å²) in [5.74, 6) is 0.421. The van der Waals surface area contributed by atoms with Crippen molar-refractivity contribution in [3.63, 3.8) is 0 Å².